The van der Waals surface area contributed by atoms with E-state index >= 15 is 0 Å². The van der Waals surface area contributed by atoms with Crippen molar-refractivity contribution in [3.05, 3.63) is 163 Å². The molecule has 10 heteroatoms. The molecule has 1 heterocycles. The van der Waals surface area contributed by atoms with Crippen molar-refractivity contribution in [2.75, 3.05) is 27.4 Å². The number of rotatable bonds is 17. The van der Waals surface area contributed by atoms with Gasteiger partial charge in [0.2, 0.25) is 12.0 Å². The molecular weight excluding hydrogens is 737 g/mol. The summed E-state index contributed by atoms with van der Waals surface area (Å²) in [5, 5.41) is 1.90. The molecule has 0 spiro atoms. The van der Waals surface area contributed by atoms with E-state index in [4.69, 9.17) is 37.6 Å². The average Bonchev–Trinajstić information content (AvgIpc) is 3.24. The quantitative estimate of drug-likeness (QED) is 0.0533. The van der Waals surface area contributed by atoms with Crippen LogP contribution in [0.5, 0.6) is 17.2 Å². The lowest BCUT2D eigenvalue weighted by molar-refractivity contribution is -0.292. The number of hydrogen-bond donors (Lipinski definition) is 0. The first-order chi connectivity index (χ1) is 27.7. The van der Waals surface area contributed by atoms with Crippen LogP contribution < -0.4 is 24.6 Å². The zero-order valence-electron chi connectivity index (χ0n) is 33.2. The number of carbonyl (C=O) groups is 1. The maximum absolute atomic E-state index is 13.9. The van der Waals surface area contributed by atoms with Crippen molar-refractivity contribution in [2.24, 2.45) is 0 Å². The zero-order valence-corrected chi connectivity index (χ0v) is 34.2. The van der Waals surface area contributed by atoms with Crippen molar-refractivity contribution in [1.82, 2.24) is 0 Å². The smallest absolute Gasteiger partial charge is 0.338 e. The summed E-state index contributed by atoms with van der Waals surface area (Å²) in [6, 6.07) is 44.7. The molecule has 5 aromatic carbocycles. The largest absolute Gasteiger partial charge is 0.493 e. The monoisotopic (exact) mass is 788 g/mol. The van der Waals surface area contributed by atoms with Gasteiger partial charge in [0.15, 0.2) is 17.6 Å². The molecule has 0 saturated carbocycles. The Bertz CT molecular complexity index is 1940. The molecule has 0 N–H and O–H groups in total. The molecule has 0 aliphatic carbocycles. The highest BCUT2D eigenvalue weighted by molar-refractivity contribution is 6.99. The predicted octanol–water partition coefficient (Wildman–Crippen LogP) is 7.77. The molecule has 5 atom stereocenters. The Morgan fingerprint density at radius 2 is 1.25 bits per heavy atom. The fourth-order valence-electron chi connectivity index (χ4n) is 7.35. The van der Waals surface area contributed by atoms with Crippen molar-refractivity contribution in [1.29, 1.82) is 0 Å². The van der Waals surface area contributed by atoms with Crippen LogP contribution in [-0.2, 0) is 30.0 Å². The lowest BCUT2D eigenvalue weighted by Gasteiger charge is -2.48. The first-order valence-corrected chi connectivity index (χ1v) is 21.0. The number of ether oxygens (including phenoxy) is 7. The van der Waals surface area contributed by atoms with Gasteiger partial charge in [0.05, 0.1) is 39.6 Å². The molecule has 0 unspecified atom stereocenters. The SMILES string of the molecule is C=CCO[C@H]1[C@@H](OCc2ccccc2)[C@@H](CO[Si](c2ccccc2)(c2ccccc2)C(C)(C)C)O[C@@H](Oc2c(OC)cccc2OC)[C@@H]1OC(=O)c1ccccc1. The first kappa shape index (κ1) is 41.4. The Morgan fingerprint density at radius 1 is 0.702 bits per heavy atom. The Morgan fingerprint density at radius 3 is 1.77 bits per heavy atom. The van der Waals surface area contributed by atoms with Crippen molar-refractivity contribution in [2.45, 2.75) is 63.1 Å². The highest BCUT2D eigenvalue weighted by Gasteiger charge is 2.55. The lowest BCUT2D eigenvalue weighted by atomic mass is 9.98. The predicted molar refractivity (Wildman–Crippen MR) is 223 cm³/mol. The van der Waals surface area contributed by atoms with Crippen LogP contribution in [0.2, 0.25) is 5.04 Å². The van der Waals surface area contributed by atoms with E-state index < -0.39 is 45.0 Å². The Hall–Kier alpha value is -5.23. The van der Waals surface area contributed by atoms with E-state index in [1.54, 1.807) is 62.8 Å². The molecule has 298 valence electrons. The minimum Gasteiger partial charge on any atom is -0.493 e. The third-order valence-corrected chi connectivity index (χ3v) is 15.0. The van der Waals surface area contributed by atoms with E-state index in [1.807, 2.05) is 72.8 Å². The molecule has 6 rings (SSSR count). The molecule has 1 aliphatic heterocycles. The van der Waals surface area contributed by atoms with Gasteiger partial charge in [-0.15, -0.1) is 6.58 Å². The van der Waals surface area contributed by atoms with Gasteiger partial charge >= 0.3 is 5.97 Å². The van der Waals surface area contributed by atoms with Crippen molar-refractivity contribution in [3.63, 3.8) is 0 Å². The molecule has 5 aromatic rings. The fourth-order valence-corrected chi connectivity index (χ4v) is 11.9. The summed E-state index contributed by atoms with van der Waals surface area (Å²) in [6.07, 6.45) is -3.24. The van der Waals surface area contributed by atoms with E-state index in [1.165, 1.54) is 0 Å². The molecule has 57 heavy (non-hydrogen) atoms. The van der Waals surface area contributed by atoms with E-state index in [0.29, 0.717) is 17.1 Å². The normalized spacial score (nSPS) is 19.6. The Labute approximate surface area is 337 Å². The maximum atomic E-state index is 13.9. The number of benzene rings is 5. The summed E-state index contributed by atoms with van der Waals surface area (Å²) in [5.74, 6) is 0.487. The summed E-state index contributed by atoms with van der Waals surface area (Å²) in [5.41, 5.74) is 1.30. The topological polar surface area (TPSA) is 90.9 Å². The zero-order chi connectivity index (χ0) is 40.3. The van der Waals surface area contributed by atoms with Gasteiger partial charge in [-0.3, -0.25) is 0 Å². The first-order valence-electron chi connectivity index (χ1n) is 19.1. The number of methoxy groups -OCH3 is 2. The fraction of sp³-hybridized carbons (Fsp3) is 0.298. The van der Waals surface area contributed by atoms with E-state index in [0.717, 1.165) is 15.9 Å². The molecule has 0 bridgehead atoms. The van der Waals surface area contributed by atoms with Crippen LogP contribution in [0.4, 0.5) is 0 Å². The average molecular weight is 789 g/mol. The van der Waals surface area contributed by atoms with Crippen molar-refractivity contribution in [3.8, 4) is 17.2 Å². The highest BCUT2D eigenvalue weighted by atomic mass is 28.4. The number of para-hydroxylation sites is 1. The van der Waals surface area contributed by atoms with Gasteiger partial charge in [-0.2, -0.15) is 0 Å². The van der Waals surface area contributed by atoms with Gasteiger partial charge in [0, 0.05) is 0 Å². The second-order valence-corrected chi connectivity index (χ2v) is 19.0. The maximum Gasteiger partial charge on any atom is 0.338 e. The molecule has 0 aromatic heterocycles. The highest BCUT2D eigenvalue weighted by Crippen LogP contribution is 2.42. The Balaban J connectivity index is 1.48. The third kappa shape index (κ3) is 9.49. The standard InChI is InChI=1S/C47H52O9Si/c1-7-31-51-43-42(52-32-34-21-12-8-13-22-34)40(33-53-57(47(2,3)4,36-25-16-10-17-26-36)37-27-18-11-19-28-37)54-46(44(43)55-45(48)35-23-14-9-15-24-35)56-41-38(49-5)29-20-30-39(41)50-6/h7-30,40,42-44,46H,1,31-33H2,2-6H3/t40-,42+,43+,44-,46+/m1/s1. The van der Waals surface area contributed by atoms with Crippen LogP contribution in [-0.4, -0.2) is 72.4 Å². The van der Waals surface area contributed by atoms with Gasteiger partial charge in [-0.1, -0.05) is 142 Å². The van der Waals surface area contributed by atoms with Crippen LogP contribution >= 0.6 is 0 Å². The molecule has 1 aliphatic rings. The lowest BCUT2D eigenvalue weighted by Crippen LogP contribution is -2.69. The van der Waals surface area contributed by atoms with Gasteiger partial charge < -0.3 is 37.6 Å². The van der Waals surface area contributed by atoms with Crippen LogP contribution in [0.3, 0.4) is 0 Å². The van der Waals surface area contributed by atoms with Crippen molar-refractivity contribution < 1.29 is 42.4 Å². The second-order valence-electron chi connectivity index (χ2n) is 14.7. The summed E-state index contributed by atoms with van der Waals surface area (Å²) < 4.78 is 52.3. The number of hydrogen-bond acceptors (Lipinski definition) is 9. The summed E-state index contributed by atoms with van der Waals surface area (Å²) in [7, 11) is 0.0150. The molecular formula is C47H52O9Si. The second kappa shape index (κ2) is 19.3. The van der Waals surface area contributed by atoms with E-state index in [9.17, 15) is 4.79 Å². The summed E-state index contributed by atoms with van der Waals surface area (Å²) in [6.45, 7) is 11.0. The summed E-state index contributed by atoms with van der Waals surface area (Å²) >= 11 is 0. The van der Waals surface area contributed by atoms with Gasteiger partial charge in [0.1, 0.15) is 18.3 Å². The molecule has 0 amide bonds. The van der Waals surface area contributed by atoms with E-state index in [-0.39, 0.29) is 30.6 Å². The summed E-state index contributed by atoms with van der Waals surface area (Å²) in [4.78, 5) is 13.9. The van der Waals surface area contributed by atoms with Crippen LogP contribution in [0.25, 0.3) is 0 Å². The Kier molecular flexibility index (Phi) is 14.0. The van der Waals surface area contributed by atoms with Crippen LogP contribution in [0, 0.1) is 0 Å². The molecule has 1 fully saturated rings. The van der Waals surface area contributed by atoms with Crippen LogP contribution in [0.1, 0.15) is 36.7 Å². The number of esters is 1. The minimum atomic E-state index is -3.07. The van der Waals surface area contributed by atoms with Gasteiger partial charge in [-0.25, -0.2) is 4.79 Å². The van der Waals surface area contributed by atoms with E-state index in [2.05, 4.69) is 51.6 Å². The van der Waals surface area contributed by atoms with Gasteiger partial charge in [0.25, 0.3) is 8.32 Å². The van der Waals surface area contributed by atoms with Crippen LogP contribution in [0.15, 0.2) is 152 Å². The van der Waals surface area contributed by atoms with Crippen molar-refractivity contribution >= 4 is 24.7 Å². The molecule has 9 nitrogen and oxygen atoms in total. The number of carbonyl (C=O) groups excluding carboxylic acids is 1. The minimum absolute atomic E-state index is 0.0863. The molecule has 0 radical (unpaired) electrons. The van der Waals surface area contributed by atoms with Gasteiger partial charge in [-0.05, 0) is 45.2 Å². The molecule has 1 saturated heterocycles. The third-order valence-electron chi connectivity index (χ3n) is 10.0.